The molecule has 5 nitrogen and oxygen atoms in total. The molecule has 7 heteroatoms. The topological polar surface area (TPSA) is 73.1 Å². The van der Waals surface area contributed by atoms with E-state index in [1.54, 1.807) is 0 Å². The van der Waals surface area contributed by atoms with Gasteiger partial charge in [0.2, 0.25) is 14.9 Å². The first-order valence-electron chi connectivity index (χ1n) is 3.79. The Bertz CT molecular complexity index is 409. The number of hydrogen-bond acceptors (Lipinski definition) is 5. The molecule has 1 saturated carbocycles. The molecular weight excluding hydrogens is 216 g/mol. The summed E-state index contributed by atoms with van der Waals surface area (Å²) in [5, 5.41) is 3.51. The number of hydrogen-bond donors (Lipinski definition) is 0. The summed E-state index contributed by atoms with van der Waals surface area (Å²) >= 11 is 0. The van der Waals surface area contributed by atoms with E-state index in [1.165, 1.54) is 0 Å². The highest BCUT2D eigenvalue weighted by Gasteiger charge is 2.30. The molecule has 1 aromatic heterocycles. The first kappa shape index (κ1) is 8.96. The number of halogens is 1. The zero-order valence-corrected chi connectivity index (χ0v) is 8.18. The van der Waals surface area contributed by atoms with Crippen molar-refractivity contribution in [3.8, 4) is 0 Å². The molecule has 72 valence electrons. The van der Waals surface area contributed by atoms with Gasteiger partial charge in [0.15, 0.2) is 5.82 Å². The van der Waals surface area contributed by atoms with Crippen molar-refractivity contribution in [1.82, 2.24) is 10.1 Å². The second kappa shape index (κ2) is 2.95. The Hall–Kier alpha value is -0.620. The minimum Gasteiger partial charge on any atom is -0.339 e. The molecule has 0 atom stereocenters. The van der Waals surface area contributed by atoms with Crippen LogP contribution in [0.3, 0.4) is 0 Å². The lowest BCUT2D eigenvalue weighted by Crippen LogP contribution is -1.97. The van der Waals surface area contributed by atoms with E-state index >= 15 is 0 Å². The summed E-state index contributed by atoms with van der Waals surface area (Å²) in [4.78, 5) is 3.92. The zero-order valence-electron chi connectivity index (χ0n) is 6.60. The van der Waals surface area contributed by atoms with E-state index in [2.05, 4.69) is 10.1 Å². The summed E-state index contributed by atoms with van der Waals surface area (Å²) in [5.41, 5.74) is 0. The SMILES string of the molecule is O=S(=O)(Cl)Cc1noc(C2CC2)n1. The highest BCUT2D eigenvalue weighted by Crippen LogP contribution is 2.38. The molecule has 2 rings (SSSR count). The number of rotatable bonds is 3. The summed E-state index contributed by atoms with van der Waals surface area (Å²) < 4.78 is 26.1. The van der Waals surface area contributed by atoms with Gasteiger partial charge >= 0.3 is 0 Å². The van der Waals surface area contributed by atoms with Gasteiger partial charge in [-0.2, -0.15) is 4.98 Å². The lowest BCUT2D eigenvalue weighted by molar-refractivity contribution is 0.375. The van der Waals surface area contributed by atoms with Crippen molar-refractivity contribution in [3.63, 3.8) is 0 Å². The van der Waals surface area contributed by atoms with E-state index in [0.29, 0.717) is 11.8 Å². The van der Waals surface area contributed by atoms with Crippen LogP contribution in [0.1, 0.15) is 30.5 Å². The molecule has 0 aromatic carbocycles. The molecule has 0 radical (unpaired) electrons. The monoisotopic (exact) mass is 222 g/mol. The summed E-state index contributed by atoms with van der Waals surface area (Å²) in [6.45, 7) is 0. The number of aromatic nitrogens is 2. The molecule has 1 aliphatic carbocycles. The summed E-state index contributed by atoms with van der Waals surface area (Å²) in [7, 11) is 1.44. The van der Waals surface area contributed by atoms with Gasteiger partial charge in [-0.15, -0.1) is 0 Å². The largest absolute Gasteiger partial charge is 0.339 e. The maximum atomic E-state index is 10.6. The summed E-state index contributed by atoms with van der Waals surface area (Å²) in [6.07, 6.45) is 2.07. The van der Waals surface area contributed by atoms with Crippen LogP contribution in [0.15, 0.2) is 4.52 Å². The van der Waals surface area contributed by atoms with E-state index in [-0.39, 0.29) is 11.6 Å². The van der Waals surface area contributed by atoms with Gasteiger partial charge in [0.1, 0.15) is 5.75 Å². The lowest BCUT2D eigenvalue weighted by atomic mass is 10.4. The van der Waals surface area contributed by atoms with Crippen LogP contribution in [0.4, 0.5) is 0 Å². The van der Waals surface area contributed by atoms with E-state index in [4.69, 9.17) is 15.2 Å². The molecule has 0 aliphatic heterocycles. The molecule has 0 N–H and O–H groups in total. The van der Waals surface area contributed by atoms with Crippen LogP contribution in [0.2, 0.25) is 0 Å². The molecule has 0 bridgehead atoms. The van der Waals surface area contributed by atoms with Gasteiger partial charge in [-0.3, -0.25) is 0 Å². The van der Waals surface area contributed by atoms with Gasteiger partial charge in [-0.1, -0.05) is 5.16 Å². The molecule has 0 saturated heterocycles. The number of nitrogens with zero attached hydrogens (tertiary/aromatic N) is 2. The third kappa shape index (κ3) is 2.41. The fourth-order valence-corrected chi connectivity index (χ4v) is 1.69. The first-order valence-corrected chi connectivity index (χ1v) is 6.27. The second-order valence-electron chi connectivity index (χ2n) is 3.01. The van der Waals surface area contributed by atoms with Crippen molar-refractivity contribution in [2.45, 2.75) is 24.5 Å². The predicted octanol–water partition coefficient (Wildman–Crippen LogP) is 1.02. The standard InChI is InChI=1S/C6H7ClN2O3S/c7-13(10,11)3-5-8-6(12-9-5)4-1-2-4/h4H,1-3H2. The molecule has 0 amide bonds. The average Bonchev–Trinajstić information content (AvgIpc) is 2.72. The second-order valence-corrected chi connectivity index (χ2v) is 5.78. The van der Waals surface area contributed by atoms with Crippen molar-refractivity contribution >= 4 is 19.7 Å². The fraction of sp³-hybridized carbons (Fsp3) is 0.667. The van der Waals surface area contributed by atoms with Crippen molar-refractivity contribution in [3.05, 3.63) is 11.7 Å². The molecule has 1 aliphatic rings. The van der Waals surface area contributed by atoms with E-state index in [1.807, 2.05) is 0 Å². The molecule has 1 heterocycles. The fourth-order valence-electron chi connectivity index (χ4n) is 0.976. The Morgan fingerprint density at radius 2 is 2.23 bits per heavy atom. The Labute approximate surface area is 79.5 Å². The lowest BCUT2D eigenvalue weighted by Gasteiger charge is -1.85. The maximum Gasteiger partial charge on any atom is 0.240 e. The van der Waals surface area contributed by atoms with Crippen LogP contribution in [-0.4, -0.2) is 18.6 Å². The minimum atomic E-state index is -3.58. The average molecular weight is 223 g/mol. The molecule has 1 aromatic rings. The van der Waals surface area contributed by atoms with Gasteiger partial charge in [-0.05, 0) is 12.8 Å². The molecule has 0 spiro atoms. The van der Waals surface area contributed by atoms with E-state index < -0.39 is 9.05 Å². The van der Waals surface area contributed by atoms with Crippen LogP contribution in [0.5, 0.6) is 0 Å². The molecule has 0 unspecified atom stereocenters. The first-order chi connectivity index (χ1) is 6.04. The predicted molar refractivity (Wildman–Crippen MR) is 44.7 cm³/mol. The van der Waals surface area contributed by atoms with Crippen LogP contribution in [0, 0.1) is 0 Å². The summed E-state index contributed by atoms with van der Waals surface area (Å²) in [6, 6.07) is 0. The van der Waals surface area contributed by atoms with Gasteiger partial charge in [0.05, 0.1) is 0 Å². The Morgan fingerprint density at radius 3 is 2.77 bits per heavy atom. The van der Waals surface area contributed by atoms with Crippen LogP contribution >= 0.6 is 10.7 Å². The van der Waals surface area contributed by atoms with Crippen molar-refractivity contribution in [1.29, 1.82) is 0 Å². The summed E-state index contributed by atoms with van der Waals surface area (Å²) in [5.74, 6) is 0.622. The van der Waals surface area contributed by atoms with Crippen LogP contribution in [0.25, 0.3) is 0 Å². The van der Waals surface area contributed by atoms with Crippen LogP contribution in [-0.2, 0) is 14.8 Å². The van der Waals surface area contributed by atoms with E-state index in [9.17, 15) is 8.42 Å². The third-order valence-electron chi connectivity index (χ3n) is 1.71. The Kier molecular flexibility index (Phi) is 2.03. The van der Waals surface area contributed by atoms with E-state index in [0.717, 1.165) is 12.8 Å². The highest BCUT2D eigenvalue weighted by molar-refractivity contribution is 8.13. The van der Waals surface area contributed by atoms with Crippen LogP contribution < -0.4 is 0 Å². The van der Waals surface area contributed by atoms with Crippen molar-refractivity contribution in [2.75, 3.05) is 0 Å². The van der Waals surface area contributed by atoms with Gasteiger partial charge in [-0.25, -0.2) is 8.42 Å². The van der Waals surface area contributed by atoms with Crippen molar-refractivity contribution in [2.24, 2.45) is 0 Å². The Balaban J connectivity index is 2.13. The van der Waals surface area contributed by atoms with Gasteiger partial charge in [0.25, 0.3) is 0 Å². The zero-order chi connectivity index (χ0) is 9.47. The smallest absolute Gasteiger partial charge is 0.240 e. The Morgan fingerprint density at radius 1 is 1.54 bits per heavy atom. The highest BCUT2D eigenvalue weighted by atomic mass is 35.7. The molecular formula is C6H7ClN2O3S. The third-order valence-corrected chi connectivity index (χ3v) is 2.64. The van der Waals surface area contributed by atoms with Crippen molar-refractivity contribution < 1.29 is 12.9 Å². The maximum absolute atomic E-state index is 10.6. The van der Waals surface area contributed by atoms with Gasteiger partial charge < -0.3 is 4.52 Å². The molecule has 1 fully saturated rings. The van der Waals surface area contributed by atoms with Gasteiger partial charge in [0, 0.05) is 16.6 Å². The molecule has 13 heavy (non-hydrogen) atoms. The minimum absolute atomic E-state index is 0.136. The quantitative estimate of drug-likeness (QED) is 0.714. The normalized spacial score (nSPS) is 17.6.